The van der Waals surface area contributed by atoms with Gasteiger partial charge in [-0.1, -0.05) is 30.3 Å². The summed E-state index contributed by atoms with van der Waals surface area (Å²) in [4.78, 5) is 21.5. The maximum Gasteiger partial charge on any atom is 0.416 e. The maximum atomic E-state index is 12.8. The SMILES string of the molecule is O=C(NN=Cc1ccc(C(F)(F)F)cc1)c1cc(-c2cccnc2)nc2ccccc12. The number of hydrogen-bond acceptors (Lipinski definition) is 4. The fourth-order valence-electron chi connectivity index (χ4n) is 3.01. The first-order valence-electron chi connectivity index (χ1n) is 9.23. The van der Waals surface area contributed by atoms with Crippen LogP contribution >= 0.6 is 0 Å². The third-order valence-electron chi connectivity index (χ3n) is 4.54. The van der Waals surface area contributed by atoms with E-state index in [9.17, 15) is 18.0 Å². The highest BCUT2D eigenvalue weighted by molar-refractivity contribution is 6.07. The standard InChI is InChI=1S/C23H15F3N4O/c24-23(25,26)17-9-7-15(8-10-17)13-28-30-22(31)19-12-21(16-4-3-11-27-14-16)29-20-6-2-1-5-18(19)20/h1-14H,(H,30,31). The molecule has 4 rings (SSSR count). The molecule has 4 aromatic rings. The number of alkyl halides is 3. The molecule has 2 aromatic carbocycles. The maximum absolute atomic E-state index is 12.8. The molecule has 5 nitrogen and oxygen atoms in total. The average Bonchev–Trinajstić information content (AvgIpc) is 2.78. The number of nitrogens with zero attached hydrogens (tertiary/aromatic N) is 3. The van der Waals surface area contributed by atoms with E-state index in [4.69, 9.17) is 0 Å². The molecule has 31 heavy (non-hydrogen) atoms. The third kappa shape index (κ3) is 4.58. The second-order valence-electron chi connectivity index (χ2n) is 6.63. The lowest BCUT2D eigenvalue weighted by Crippen LogP contribution is -2.18. The van der Waals surface area contributed by atoms with Gasteiger partial charge in [-0.2, -0.15) is 18.3 Å². The molecule has 0 aliphatic rings. The Balaban J connectivity index is 1.59. The zero-order valence-corrected chi connectivity index (χ0v) is 16.0. The second kappa shape index (κ2) is 8.35. The molecule has 0 atom stereocenters. The van der Waals surface area contributed by atoms with E-state index >= 15 is 0 Å². The highest BCUT2D eigenvalue weighted by Crippen LogP contribution is 2.29. The molecule has 154 valence electrons. The summed E-state index contributed by atoms with van der Waals surface area (Å²) >= 11 is 0. The fourth-order valence-corrected chi connectivity index (χ4v) is 3.01. The molecule has 0 saturated carbocycles. The molecule has 2 aromatic heterocycles. The molecule has 0 radical (unpaired) electrons. The molecule has 0 aliphatic heterocycles. The van der Waals surface area contributed by atoms with Crippen LogP contribution in [0.15, 0.2) is 84.2 Å². The Labute approximate surface area is 175 Å². The van der Waals surface area contributed by atoms with Crippen molar-refractivity contribution in [2.75, 3.05) is 0 Å². The highest BCUT2D eigenvalue weighted by atomic mass is 19.4. The number of carbonyl (C=O) groups excluding carboxylic acids is 1. The van der Waals surface area contributed by atoms with Gasteiger partial charge in [0.1, 0.15) is 0 Å². The van der Waals surface area contributed by atoms with Gasteiger partial charge in [-0.05, 0) is 42.0 Å². The number of hydrogen-bond donors (Lipinski definition) is 1. The quantitative estimate of drug-likeness (QED) is 0.370. The van der Waals surface area contributed by atoms with Gasteiger partial charge >= 0.3 is 6.18 Å². The molecule has 2 heterocycles. The van der Waals surface area contributed by atoms with Crippen LogP contribution in [0.2, 0.25) is 0 Å². The van der Waals surface area contributed by atoms with Crippen LogP contribution in [0.1, 0.15) is 21.5 Å². The molecule has 0 fully saturated rings. The van der Waals surface area contributed by atoms with Crippen LogP contribution in [-0.2, 0) is 6.18 Å². The second-order valence-corrected chi connectivity index (χ2v) is 6.63. The zero-order valence-electron chi connectivity index (χ0n) is 16.0. The van der Waals surface area contributed by atoms with E-state index in [1.165, 1.54) is 18.3 Å². The van der Waals surface area contributed by atoms with E-state index in [0.29, 0.717) is 27.7 Å². The van der Waals surface area contributed by atoms with Crippen LogP contribution in [0.25, 0.3) is 22.2 Å². The molecule has 8 heteroatoms. The van der Waals surface area contributed by atoms with Crippen molar-refractivity contribution in [1.82, 2.24) is 15.4 Å². The van der Waals surface area contributed by atoms with E-state index in [0.717, 1.165) is 17.7 Å². The van der Waals surface area contributed by atoms with Crippen molar-refractivity contribution in [3.8, 4) is 11.3 Å². The summed E-state index contributed by atoms with van der Waals surface area (Å²) in [6, 6.07) is 17.0. The summed E-state index contributed by atoms with van der Waals surface area (Å²) in [5.41, 5.74) is 4.45. The Morgan fingerprint density at radius 1 is 1.00 bits per heavy atom. The Hall–Kier alpha value is -4.07. The first-order chi connectivity index (χ1) is 14.9. The van der Waals surface area contributed by atoms with Crippen LogP contribution in [-0.4, -0.2) is 22.1 Å². The Kier molecular flexibility index (Phi) is 5.44. The fraction of sp³-hybridized carbons (Fsp3) is 0.0435. The number of nitrogens with one attached hydrogen (secondary N) is 1. The number of halogens is 3. The number of aromatic nitrogens is 2. The minimum atomic E-state index is -4.40. The lowest BCUT2D eigenvalue weighted by molar-refractivity contribution is -0.137. The molecule has 0 unspecified atom stereocenters. The number of benzene rings is 2. The van der Waals surface area contributed by atoms with Gasteiger partial charge in [0.05, 0.1) is 28.6 Å². The van der Waals surface area contributed by atoms with E-state index in [-0.39, 0.29) is 0 Å². The average molecular weight is 420 g/mol. The lowest BCUT2D eigenvalue weighted by atomic mass is 10.0. The van der Waals surface area contributed by atoms with Crippen molar-refractivity contribution < 1.29 is 18.0 Å². The van der Waals surface area contributed by atoms with E-state index in [1.54, 1.807) is 42.7 Å². The van der Waals surface area contributed by atoms with Crippen LogP contribution in [0, 0.1) is 0 Å². The first-order valence-corrected chi connectivity index (χ1v) is 9.23. The van der Waals surface area contributed by atoms with Crippen LogP contribution < -0.4 is 5.43 Å². The summed E-state index contributed by atoms with van der Waals surface area (Å²) in [6.07, 6.45) is 0.178. The van der Waals surface area contributed by atoms with Crippen LogP contribution in [0.3, 0.4) is 0 Å². The smallest absolute Gasteiger partial charge is 0.267 e. The molecule has 1 N–H and O–H groups in total. The van der Waals surface area contributed by atoms with Crippen molar-refractivity contribution in [3.63, 3.8) is 0 Å². The molecular formula is C23H15F3N4O. The van der Waals surface area contributed by atoms with Crippen molar-refractivity contribution in [2.24, 2.45) is 5.10 Å². The first kappa shape index (κ1) is 20.2. The molecule has 0 bridgehead atoms. The zero-order chi connectivity index (χ0) is 21.8. The number of rotatable bonds is 4. The summed E-state index contributed by atoms with van der Waals surface area (Å²) in [5.74, 6) is -0.466. The number of amides is 1. The minimum absolute atomic E-state index is 0.369. The van der Waals surface area contributed by atoms with Crippen molar-refractivity contribution in [3.05, 3.63) is 95.8 Å². The minimum Gasteiger partial charge on any atom is -0.267 e. The summed E-state index contributed by atoms with van der Waals surface area (Å²) in [7, 11) is 0. The van der Waals surface area contributed by atoms with Gasteiger partial charge in [-0.3, -0.25) is 9.78 Å². The van der Waals surface area contributed by atoms with Gasteiger partial charge in [-0.15, -0.1) is 0 Å². The molecule has 1 amide bonds. The van der Waals surface area contributed by atoms with Gasteiger partial charge in [-0.25, -0.2) is 10.4 Å². The van der Waals surface area contributed by atoms with Crippen molar-refractivity contribution in [1.29, 1.82) is 0 Å². The third-order valence-corrected chi connectivity index (χ3v) is 4.54. The Morgan fingerprint density at radius 3 is 2.48 bits per heavy atom. The summed E-state index contributed by atoms with van der Waals surface area (Å²) in [6.45, 7) is 0. The van der Waals surface area contributed by atoms with Crippen molar-refractivity contribution >= 4 is 23.0 Å². The summed E-state index contributed by atoms with van der Waals surface area (Å²) in [5, 5.41) is 4.53. The Morgan fingerprint density at radius 2 is 1.77 bits per heavy atom. The monoisotopic (exact) mass is 420 g/mol. The van der Waals surface area contributed by atoms with E-state index in [1.807, 2.05) is 12.1 Å². The number of fused-ring (bicyclic) bond motifs is 1. The largest absolute Gasteiger partial charge is 0.416 e. The van der Waals surface area contributed by atoms with Gasteiger partial charge < -0.3 is 0 Å². The Bertz CT molecular complexity index is 1250. The topological polar surface area (TPSA) is 67.2 Å². The van der Waals surface area contributed by atoms with Gasteiger partial charge in [0, 0.05) is 23.3 Å². The van der Waals surface area contributed by atoms with E-state index in [2.05, 4.69) is 20.5 Å². The number of carbonyl (C=O) groups is 1. The predicted molar refractivity (Wildman–Crippen MR) is 111 cm³/mol. The number of para-hydroxylation sites is 1. The molecule has 0 saturated heterocycles. The number of hydrazone groups is 1. The van der Waals surface area contributed by atoms with E-state index < -0.39 is 17.6 Å². The molecular weight excluding hydrogens is 405 g/mol. The number of pyridine rings is 2. The summed E-state index contributed by atoms with van der Waals surface area (Å²) < 4.78 is 37.9. The highest BCUT2D eigenvalue weighted by Gasteiger charge is 2.29. The molecule has 0 aliphatic carbocycles. The molecule has 0 spiro atoms. The predicted octanol–water partition coefficient (Wildman–Crippen LogP) is 5.08. The lowest BCUT2D eigenvalue weighted by Gasteiger charge is -2.09. The normalized spacial score (nSPS) is 11.7. The van der Waals surface area contributed by atoms with Gasteiger partial charge in [0.15, 0.2) is 0 Å². The van der Waals surface area contributed by atoms with Gasteiger partial charge in [0.25, 0.3) is 5.91 Å². The van der Waals surface area contributed by atoms with Gasteiger partial charge in [0.2, 0.25) is 0 Å². The van der Waals surface area contributed by atoms with Crippen LogP contribution in [0.5, 0.6) is 0 Å². The van der Waals surface area contributed by atoms with Crippen LogP contribution in [0.4, 0.5) is 13.2 Å². The van der Waals surface area contributed by atoms with Crippen molar-refractivity contribution in [2.45, 2.75) is 6.18 Å².